The van der Waals surface area contributed by atoms with Crippen molar-refractivity contribution in [1.82, 2.24) is 4.90 Å². The van der Waals surface area contributed by atoms with E-state index in [-0.39, 0.29) is 11.5 Å². The van der Waals surface area contributed by atoms with Gasteiger partial charge in [-0.25, -0.2) is 4.39 Å². The Morgan fingerprint density at radius 1 is 1.40 bits per heavy atom. The molecule has 1 fully saturated rings. The second-order valence-electron chi connectivity index (χ2n) is 6.72. The Morgan fingerprint density at radius 2 is 2.12 bits per heavy atom. The molecule has 1 aromatic carbocycles. The highest BCUT2D eigenvalue weighted by Crippen LogP contribution is 2.44. The molecule has 1 aliphatic heterocycles. The van der Waals surface area contributed by atoms with Crippen LogP contribution in [0.2, 0.25) is 0 Å². The highest BCUT2D eigenvalue weighted by atomic mass is 32.1. The third-order valence-corrected chi connectivity index (χ3v) is 6.25. The molecule has 0 spiro atoms. The quantitative estimate of drug-likeness (QED) is 0.876. The average Bonchev–Trinajstić information content (AvgIpc) is 2.95. The largest absolute Gasteiger partial charge is 0.304 e. The zero-order valence-corrected chi connectivity index (χ0v) is 15.1. The van der Waals surface area contributed by atoms with E-state index in [2.05, 4.69) is 0 Å². The van der Waals surface area contributed by atoms with E-state index in [4.69, 9.17) is 10.7 Å². The molecular formula is C19H18FN3OS. The summed E-state index contributed by atoms with van der Waals surface area (Å²) in [6.45, 7) is 3.99. The van der Waals surface area contributed by atoms with Gasteiger partial charge in [-0.15, -0.1) is 11.3 Å². The molecule has 1 aliphatic rings. The maximum Gasteiger partial charge on any atom is 0.228 e. The number of piperidine rings is 1. The number of hydrogen-bond acceptors (Lipinski definition) is 4. The van der Waals surface area contributed by atoms with Crippen LogP contribution in [0.15, 0.2) is 23.6 Å². The number of likely N-dealkylation sites (tertiary alicyclic amines) is 1. The van der Waals surface area contributed by atoms with Gasteiger partial charge in [0.1, 0.15) is 17.7 Å². The van der Waals surface area contributed by atoms with Crippen LogP contribution in [0.1, 0.15) is 35.8 Å². The number of nitrogens with zero attached hydrogens (tertiary/aromatic N) is 2. The summed E-state index contributed by atoms with van der Waals surface area (Å²) in [5.74, 6) is -0.260. The fraction of sp³-hybridized carbons (Fsp3) is 0.316. The molecule has 1 saturated heterocycles. The van der Waals surface area contributed by atoms with Crippen LogP contribution < -0.4 is 0 Å². The Labute approximate surface area is 150 Å². The van der Waals surface area contributed by atoms with Crippen molar-refractivity contribution in [2.45, 2.75) is 32.1 Å². The zero-order valence-electron chi connectivity index (χ0n) is 14.3. The minimum absolute atomic E-state index is 0.0205. The van der Waals surface area contributed by atoms with Crippen molar-refractivity contribution >= 4 is 23.1 Å². The van der Waals surface area contributed by atoms with Gasteiger partial charge in [0.25, 0.3) is 0 Å². The molecule has 1 amide bonds. The lowest BCUT2D eigenvalue weighted by atomic mass is 9.76. The van der Waals surface area contributed by atoms with Crippen molar-refractivity contribution in [1.29, 1.82) is 10.7 Å². The second-order valence-corrected chi connectivity index (χ2v) is 7.60. The number of nitrogens with one attached hydrogen (secondary N) is 1. The van der Waals surface area contributed by atoms with Crippen molar-refractivity contribution in [2.24, 2.45) is 0 Å². The fourth-order valence-electron chi connectivity index (χ4n) is 3.39. The van der Waals surface area contributed by atoms with Crippen LogP contribution in [0.25, 0.3) is 11.1 Å². The molecule has 0 bridgehead atoms. The highest BCUT2D eigenvalue weighted by Gasteiger charge is 2.40. The van der Waals surface area contributed by atoms with E-state index < -0.39 is 11.2 Å². The van der Waals surface area contributed by atoms with Crippen LogP contribution in [0, 0.1) is 29.5 Å². The molecule has 1 aromatic heterocycles. The number of halogens is 1. The van der Waals surface area contributed by atoms with Crippen LogP contribution in [-0.2, 0) is 10.2 Å². The van der Waals surface area contributed by atoms with Crippen LogP contribution in [-0.4, -0.2) is 23.7 Å². The lowest BCUT2D eigenvalue weighted by Gasteiger charge is -2.37. The molecule has 2 aromatic rings. The molecule has 4 nitrogen and oxygen atoms in total. The lowest BCUT2D eigenvalue weighted by molar-refractivity contribution is -0.128. The number of amides is 1. The molecule has 1 N–H and O–H groups in total. The summed E-state index contributed by atoms with van der Waals surface area (Å²) in [7, 11) is 1.64. The van der Waals surface area contributed by atoms with Crippen LogP contribution >= 0.6 is 11.3 Å². The highest BCUT2D eigenvalue weighted by molar-refractivity contribution is 7.10. The monoisotopic (exact) mass is 355 g/mol. The average molecular weight is 355 g/mol. The summed E-state index contributed by atoms with van der Waals surface area (Å²) < 4.78 is 13.6. The Hall–Kier alpha value is -2.52. The van der Waals surface area contributed by atoms with Crippen LogP contribution in [0.4, 0.5) is 4.39 Å². The van der Waals surface area contributed by atoms with Crippen molar-refractivity contribution in [3.8, 4) is 17.2 Å². The second kappa shape index (κ2) is 6.08. The smallest absolute Gasteiger partial charge is 0.228 e. The van der Waals surface area contributed by atoms with Crippen molar-refractivity contribution in [3.63, 3.8) is 0 Å². The zero-order chi connectivity index (χ0) is 18.4. The first-order valence-corrected chi connectivity index (χ1v) is 8.77. The van der Waals surface area contributed by atoms with Crippen LogP contribution in [0.3, 0.4) is 0 Å². The van der Waals surface area contributed by atoms with Gasteiger partial charge in [0, 0.05) is 30.2 Å². The minimum atomic E-state index is -0.527. The Bertz CT molecular complexity index is 907. The summed E-state index contributed by atoms with van der Waals surface area (Å²) in [4.78, 5) is 14.7. The van der Waals surface area contributed by atoms with E-state index in [1.807, 2.05) is 25.3 Å². The van der Waals surface area contributed by atoms with Gasteiger partial charge < -0.3 is 4.90 Å². The molecule has 25 heavy (non-hydrogen) atoms. The van der Waals surface area contributed by atoms with Gasteiger partial charge in [0.2, 0.25) is 5.91 Å². The molecule has 0 saturated carbocycles. The van der Waals surface area contributed by atoms with Gasteiger partial charge >= 0.3 is 0 Å². The van der Waals surface area contributed by atoms with Gasteiger partial charge in [0.05, 0.1) is 5.56 Å². The van der Waals surface area contributed by atoms with Gasteiger partial charge in [0.15, 0.2) is 0 Å². The minimum Gasteiger partial charge on any atom is -0.304 e. The van der Waals surface area contributed by atoms with E-state index >= 15 is 0 Å². The molecule has 128 valence electrons. The molecule has 0 unspecified atom stereocenters. The number of thiophene rings is 1. The van der Waals surface area contributed by atoms with E-state index in [0.717, 1.165) is 21.6 Å². The number of hydrogen-bond donors (Lipinski definition) is 1. The number of benzene rings is 1. The molecular weight excluding hydrogens is 337 g/mol. The maximum absolute atomic E-state index is 13.6. The lowest BCUT2D eigenvalue weighted by Crippen LogP contribution is -2.46. The SMILES string of the molecule is Cc1c(-c2ccc(F)c(C#N)c2)csc1[C@@]1(C)CC(=N)N(C)C(=O)C1. The van der Waals surface area contributed by atoms with Gasteiger partial charge in [-0.3, -0.25) is 10.2 Å². The van der Waals surface area contributed by atoms with Gasteiger partial charge in [-0.05, 0) is 41.1 Å². The summed E-state index contributed by atoms with van der Waals surface area (Å²) in [5, 5.41) is 19.1. The van der Waals surface area contributed by atoms with Crippen molar-refractivity contribution in [2.75, 3.05) is 7.05 Å². The topological polar surface area (TPSA) is 68.0 Å². The molecule has 2 heterocycles. The number of amidine groups is 1. The van der Waals surface area contributed by atoms with E-state index in [1.165, 1.54) is 11.0 Å². The van der Waals surface area contributed by atoms with E-state index in [0.29, 0.717) is 18.7 Å². The van der Waals surface area contributed by atoms with E-state index in [9.17, 15) is 9.18 Å². The van der Waals surface area contributed by atoms with E-state index in [1.54, 1.807) is 30.5 Å². The first-order chi connectivity index (χ1) is 11.8. The fourth-order valence-corrected chi connectivity index (χ4v) is 4.65. The molecule has 0 aliphatic carbocycles. The first kappa shape index (κ1) is 17.3. The Morgan fingerprint density at radius 3 is 2.76 bits per heavy atom. The Balaban J connectivity index is 2.04. The molecule has 1 atom stereocenters. The van der Waals surface area contributed by atoms with Crippen molar-refractivity contribution < 1.29 is 9.18 Å². The number of carbonyl (C=O) groups is 1. The molecule has 0 radical (unpaired) electrons. The van der Waals surface area contributed by atoms with Crippen LogP contribution in [0.5, 0.6) is 0 Å². The standard InChI is InChI=1S/C19H18FN3OS/c1-11-14(12-4-5-15(20)13(6-12)9-21)10-25-18(11)19(2)7-16(22)23(3)17(24)8-19/h4-6,10,22H,7-8H2,1-3H3/t19-/m0/s1. The molecule has 6 heteroatoms. The third kappa shape index (κ3) is 2.85. The summed E-state index contributed by atoms with van der Waals surface area (Å²) in [6, 6.07) is 6.40. The number of rotatable bonds is 2. The summed E-state index contributed by atoms with van der Waals surface area (Å²) in [5.41, 5.74) is 2.36. The van der Waals surface area contributed by atoms with Gasteiger partial charge in [-0.1, -0.05) is 13.0 Å². The van der Waals surface area contributed by atoms with Crippen molar-refractivity contribution in [3.05, 3.63) is 45.4 Å². The first-order valence-electron chi connectivity index (χ1n) is 7.89. The normalized spacial score (nSPS) is 20.7. The predicted octanol–water partition coefficient (Wildman–Crippen LogP) is 4.22. The molecule has 3 rings (SSSR count). The predicted molar refractivity (Wildman–Crippen MR) is 96.2 cm³/mol. The summed E-state index contributed by atoms with van der Waals surface area (Å²) in [6.07, 6.45) is 0.864. The number of nitriles is 1. The number of carbonyl (C=O) groups excluding carboxylic acids is 1. The summed E-state index contributed by atoms with van der Waals surface area (Å²) >= 11 is 1.56. The third-order valence-electron chi connectivity index (χ3n) is 4.86. The maximum atomic E-state index is 13.6. The van der Waals surface area contributed by atoms with Gasteiger partial charge in [-0.2, -0.15) is 5.26 Å². The Kier molecular flexibility index (Phi) is 4.21.